The third-order valence-corrected chi connectivity index (χ3v) is 4.64. The highest BCUT2D eigenvalue weighted by molar-refractivity contribution is 7.89. The van der Waals surface area contributed by atoms with E-state index in [0.717, 1.165) is 0 Å². The molecule has 2 amide bonds. The molecule has 0 aliphatic heterocycles. The Hall–Kier alpha value is -2.44. The topological polar surface area (TPSA) is 128 Å². The van der Waals surface area contributed by atoms with Gasteiger partial charge in [-0.15, -0.1) is 0 Å². The second kappa shape index (κ2) is 9.15. The lowest BCUT2D eigenvalue weighted by molar-refractivity contribution is -0.122. The number of carbonyl (C=O) groups excluding carboxylic acids is 2. The zero-order valence-corrected chi connectivity index (χ0v) is 15.2. The molecule has 0 aromatic heterocycles. The van der Waals surface area contributed by atoms with E-state index < -0.39 is 22.0 Å². The van der Waals surface area contributed by atoms with Crippen molar-refractivity contribution in [3.8, 4) is 6.07 Å². The third kappa shape index (κ3) is 6.91. The molecule has 9 heteroatoms. The van der Waals surface area contributed by atoms with Gasteiger partial charge in [-0.2, -0.15) is 9.98 Å². The highest BCUT2D eigenvalue weighted by Gasteiger charge is 2.26. The molecule has 1 aromatic rings. The first-order valence-electron chi connectivity index (χ1n) is 7.70. The van der Waals surface area contributed by atoms with Crippen molar-refractivity contribution >= 4 is 27.5 Å². The van der Waals surface area contributed by atoms with Crippen LogP contribution in [0.2, 0.25) is 0 Å². The van der Waals surface area contributed by atoms with Crippen molar-refractivity contribution in [1.82, 2.24) is 10.0 Å². The fourth-order valence-electron chi connectivity index (χ4n) is 2.11. The van der Waals surface area contributed by atoms with Crippen molar-refractivity contribution in [2.45, 2.75) is 38.1 Å². The van der Waals surface area contributed by atoms with Crippen LogP contribution in [0.5, 0.6) is 0 Å². The van der Waals surface area contributed by atoms with Gasteiger partial charge in [0, 0.05) is 12.6 Å². The molecule has 0 spiro atoms. The van der Waals surface area contributed by atoms with Gasteiger partial charge in [0.05, 0.1) is 11.0 Å². The quantitative estimate of drug-likeness (QED) is 0.591. The van der Waals surface area contributed by atoms with Crippen molar-refractivity contribution in [3.05, 3.63) is 24.3 Å². The van der Waals surface area contributed by atoms with Crippen LogP contribution in [0.25, 0.3) is 0 Å². The Kier molecular flexibility index (Phi) is 7.54. The van der Waals surface area contributed by atoms with Crippen molar-refractivity contribution in [1.29, 1.82) is 5.26 Å². The van der Waals surface area contributed by atoms with Crippen LogP contribution in [0, 0.1) is 17.2 Å². The highest BCUT2D eigenvalue weighted by atomic mass is 32.2. The first kappa shape index (κ1) is 20.6. The smallest absolute Gasteiger partial charge is 0.241 e. The summed E-state index contributed by atoms with van der Waals surface area (Å²) in [6, 6.07) is 6.41. The molecule has 0 bridgehead atoms. The average molecular weight is 366 g/mol. The summed E-state index contributed by atoms with van der Waals surface area (Å²) in [6.45, 7) is 4.88. The zero-order valence-electron chi connectivity index (χ0n) is 14.4. The molecule has 0 saturated heterocycles. The molecule has 0 fully saturated rings. The molecule has 1 atom stereocenters. The number of carbonyl (C=O) groups is 2. The summed E-state index contributed by atoms with van der Waals surface area (Å²) in [6.07, 6.45) is 0.292. The van der Waals surface area contributed by atoms with Gasteiger partial charge in [0.15, 0.2) is 0 Å². The standard InChI is InChI=1S/C16H22N4O4S/c1-11(2)10-15(16(22)18-9-8-17)20-25(23,24)14-6-4-13(5-7-14)19-12(3)21/h4-7,11,15,20H,9-10H2,1-3H3,(H,18,22)(H,19,21)/t15-/m0/s1. The fraction of sp³-hybridized carbons (Fsp3) is 0.438. The van der Waals surface area contributed by atoms with Crippen LogP contribution in [-0.2, 0) is 19.6 Å². The van der Waals surface area contributed by atoms with E-state index in [0.29, 0.717) is 12.1 Å². The molecular formula is C16H22N4O4S. The maximum Gasteiger partial charge on any atom is 0.241 e. The van der Waals surface area contributed by atoms with E-state index in [4.69, 9.17) is 5.26 Å². The molecule has 0 radical (unpaired) electrons. The lowest BCUT2D eigenvalue weighted by Gasteiger charge is -2.19. The Labute approximate surface area is 147 Å². The number of nitrogens with zero attached hydrogens (tertiary/aromatic N) is 1. The number of nitriles is 1. The molecule has 0 aliphatic rings. The number of benzene rings is 1. The van der Waals surface area contributed by atoms with E-state index in [2.05, 4.69) is 15.4 Å². The predicted octanol–water partition coefficient (Wildman–Crippen LogP) is 0.978. The van der Waals surface area contributed by atoms with Gasteiger partial charge in [0.2, 0.25) is 21.8 Å². The van der Waals surface area contributed by atoms with Gasteiger partial charge in [-0.1, -0.05) is 13.8 Å². The molecular weight excluding hydrogens is 344 g/mol. The van der Waals surface area contributed by atoms with Gasteiger partial charge in [-0.3, -0.25) is 9.59 Å². The van der Waals surface area contributed by atoms with Gasteiger partial charge >= 0.3 is 0 Å². The first-order chi connectivity index (χ1) is 11.7. The molecule has 25 heavy (non-hydrogen) atoms. The van der Waals surface area contributed by atoms with E-state index in [1.165, 1.54) is 31.2 Å². The summed E-state index contributed by atoms with van der Waals surface area (Å²) >= 11 is 0. The Balaban J connectivity index is 2.95. The SMILES string of the molecule is CC(=O)Nc1ccc(S(=O)(=O)N[C@@H](CC(C)C)C(=O)NCC#N)cc1. The molecule has 136 valence electrons. The first-order valence-corrected chi connectivity index (χ1v) is 9.18. The Morgan fingerprint density at radius 1 is 1.20 bits per heavy atom. The molecule has 0 saturated carbocycles. The summed E-state index contributed by atoms with van der Waals surface area (Å²) in [5.41, 5.74) is 0.469. The van der Waals surface area contributed by atoms with Crippen molar-refractivity contribution in [2.24, 2.45) is 5.92 Å². The number of hydrogen-bond donors (Lipinski definition) is 3. The van der Waals surface area contributed by atoms with Crippen LogP contribution < -0.4 is 15.4 Å². The minimum atomic E-state index is -3.93. The lowest BCUT2D eigenvalue weighted by atomic mass is 10.0. The van der Waals surface area contributed by atoms with Crippen molar-refractivity contribution < 1.29 is 18.0 Å². The van der Waals surface area contributed by atoms with Crippen LogP contribution in [0.4, 0.5) is 5.69 Å². The van der Waals surface area contributed by atoms with E-state index in [9.17, 15) is 18.0 Å². The Morgan fingerprint density at radius 2 is 1.80 bits per heavy atom. The minimum Gasteiger partial charge on any atom is -0.342 e. The largest absolute Gasteiger partial charge is 0.342 e. The minimum absolute atomic E-state index is 0.0246. The zero-order chi connectivity index (χ0) is 19.0. The van der Waals surface area contributed by atoms with Crippen LogP contribution in [0.1, 0.15) is 27.2 Å². The van der Waals surface area contributed by atoms with Crippen molar-refractivity contribution in [2.75, 3.05) is 11.9 Å². The molecule has 3 N–H and O–H groups in total. The highest BCUT2D eigenvalue weighted by Crippen LogP contribution is 2.16. The normalized spacial score (nSPS) is 12.3. The summed E-state index contributed by atoms with van der Waals surface area (Å²) < 4.78 is 27.4. The Bertz CT molecular complexity index is 751. The van der Waals surface area contributed by atoms with E-state index in [1.54, 1.807) is 6.07 Å². The van der Waals surface area contributed by atoms with Crippen LogP contribution in [0.15, 0.2) is 29.2 Å². The van der Waals surface area contributed by atoms with Gasteiger partial charge in [0.1, 0.15) is 12.6 Å². The molecule has 0 heterocycles. The predicted molar refractivity (Wildman–Crippen MR) is 92.9 cm³/mol. The number of hydrogen-bond acceptors (Lipinski definition) is 5. The molecule has 0 aliphatic carbocycles. The summed E-state index contributed by atoms with van der Waals surface area (Å²) in [4.78, 5) is 23.1. The van der Waals surface area contributed by atoms with Crippen LogP contribution >= 0.6 is 0 Å². The van der Waals surface area contributed by atoms with E-state index in [-0.39, 0.29) is 23.3 Å². The monoisotopic (exact) mass is 366 g/mol. The average Bonchev–Trinajstić information content (AvgIpc) is 2.51. The van der Waals surface area contributed by atoms with Gasteiger partial charge < -0.3 is 10.6 Å². The lowest BCUT2D eigenvalue weighted by Crippen LogP contribution is -2.47. The van der Waals surface area contributed by atoms with Gasteiger partial charge in [-0.05, 0) is 36.6 Å². The van der Waals surface area contributed by atoms with Gasteiger partial charge in [0.25, 0.3) is 0 Å². The summed E-state index contributed by atoms with van der Waals surface area (Å²) in [5, 5.41) is 13.5. The van der Waals surface area contributed by atoms with E-state index in [1.807, 2.05) is 13.8 Å². The van der Waals surface area contributed by atoms with Gasteiger partial charge in [-0.25, -0.2) is 8.42 Å². The van der Waals surface area contributed by atoms with E-state index >= 15 is 0 Å². The van der Waals surface area contributed by atoms with Crippen LogP contribution in [-0.4, -0.2) is 32.8 Å². The number of rotatable bonds is 8. The molecule has 8 nitrogen and oxygen atoms in total. The molecule has 1 aromatic carbocycles. The summed E-state index contributed by atoms with van der Waals surface area (Å²) in [7, 11) is -3.93. The molecule has 0 unspecified atom stereocenters. The molecule has 1 rings (SSSR count). The number of amides is 2. The van der Waals surface area contributed by atoms with Crippen LogP contribution in [0.3, 0.4) is 0 Å². The fourth-order valence-corrected chi connectivity index (χ4v) is 3.31. The second-order valence-electron chi connectivity index (χ2n) is 5.88. The third-order valence-electron chi connectivity index (χ3n) is 3.15. The maximum atomic E-state index is 12.5. The second-order valence-corrected chi connectivity index (χ2v) is 7.60. The Morgan fingerprint density at radius 3 is 2.28 bits per heavy atom. The van der Waals surface area contributed by atoms with Crippen molar-refractivity contribution in [3.63, 3.8) is 0 Å². The number of nitrogens with one attached hydrogen (secondary N) is 3. The maximum absolute atomic E-state index is 12.5. The number of sulfonamides is 1. The number of anilines is 1. The summed E-state index contributed by atoms with van der Waals surface area (Å²) in [5.74, 6) is -0.740.